The van der Waals surface area contributed by atoms with Gasteiger partial charge in [-0.1, -0.05) is 18.9 Å². The first-order valence-electron chi connectivity index (χ1n) is 15.8. The van der Waals surface area contributed by atoms with E-state index in [-0.39, 0.29) is 11.5 Å². The van der Waals surface area contributed by atoms with Crippen LogP contribution < -0.4 is 4.74 Å². The summed E-state index contributed by atoms with van der Waals surface area (Å²) >= 11 is 0. The van der Waals surface area contributed by atoms with Gasteiger partial charge in [0, 0.05) is 55.1 Å². The number of nitrogens with zero attached hydrogens (tertiary/aromatic N) is 3. The molecule has 7 heteroatoms. The average Bonchev–Trinajstić information content (AvgIpc) is 3.55. The van der Waals surface area contributed by atoms with Gasteiger partial charge in [-0.05, 0) is 99.0 Å². The molecule has 218 valence electrons. The monoisotopic (exact) mass is 559 g/mol. The normalized spacial score (nSPS) is 23.6. The fourth-order valence-electron chi connectivity index (χ4n) is 7.38. The SMILES string of the molecule is O=C(O)c1ccc2c([C@@H]3CCCC[C@H]3F)c3n(c2c1)CCN(CCN1CCCC1)Cc1cc(OCC2CC2)ccc1-3. The second kappa shape index (κ2) is 11.4. The highest BCUT2D eigenvalue weighted by molar-refractivity contribution is 5.98. The van der Waals surface area contributed by atoms with Crippen molar-refractivity contribution in [1.29, 1.82) is 0 Å². The Morgan fingerprint density at radius 1 is 0.902 bits per heavy atom. The number of benzene rings is 2. The van der Waals surface area contributed by atoms with Crippen molar-refractivity contribution >= 4 is 16.9 Å². The van der Waals surface area contributed by atoms with Gasteiger partial charge < -0.3 is 19.3 Å². The first-order valence-corrected chi connectivity index (χ1v) is 15.8. The fourth-order valence-corrected chi connectivity index (χ4v) is 7.38. The number of aromatic carboxylic acids is 1. The Bertz CT molecular complexity index is 1420. The lowest BCUT2D eigenvalue weighted by Crippen LogP contribution is -2.36. The Hall–Kier alpha value is -2.90. The van der Waals surface area contributed by atoms with Crippen LogP contribution in [0.5, 0.6) is 5.75 Å². The standard InChI is InChI=1S/C34H42FN3O3/c35-30-6-2-1-5-28(30)32-29-11-9-24(34(39)40)20-31(29)38-18-17-37(16-15-36-13-3-4-14-36)21-25-19-26(41-22-23-7-8-23)10-12-27(25)33(32)38/h9-12,19-20,23,28,30H,1-8,13-18,21-22H2,(H,39,40)/t28-,30-/m1/s1. The zero-order chi connectivity index (χ0) is 27.9. The summed E-state index contributed by atoms with van der Waals surface area (Å²) in [7, 11) is 0. The zero-order valence-electron chi connectivity index (χ0n) is 24.0. The van der Waals surface area contributed by atoms with Crippen molar-refractivity contribution in [2.24, 2.45) is 5.92 Å². The van der Waals surface area contributed by atoms with Crippen LogP contribution in [0.25, 0.3) is 22.2 Å². The Balaban J connectivity index is 1.35. The van der Waals surface area contributed by atoms with E-state index in [0.29, 0.717) is 12.3 Å². The summed E-state index contributed by atoms with van der Waals surface area (Å²) in [6.45, 7) is 7.62. The maximum atomic E-state index is 15.7. The predicted molar refractivity (Wildman–Crippen MR) is 160 cm³/mol. The number of carbonyl (C=O) groups is 1. The highest BCUT2D eigenvalue weighted by atomic mass is 19.1. The van der Waals surface area contributed by atoms with Gasteiger partial charge >= 0.3 is 5.97 Å². The second-order valence-electron chi connectivity index (χ2n) is 12.8. The second-order valence-corrected chi connectivity index (χ2v) is 12.8. The minimum Gasteiger partial charge on any atom is -0.493 e. The average molecular weight is 560 g/mol. The molecule has 2 saturated carbocycles. The molecule has 1 saturated heterocycles. The molecule has 2 aliphatic heterocycles. The van der Waals surface area contributed by atoms with Gasteiger partial charge in [-0.2, -0.15) is 0 Å². The lowest BCUT2D eigenvalue weighted by atomic mass is 9.80. The van der Waals surface area contributed by atoms with Gasteiger partial charge in [0.25, 0.3) is 0 Å². The molecule has 3 aromatic rings. The molecular formula is C34H42FN3O3. The minimum atomic E-state index is -0.930. The summed E-state index contributed by atoms with van der Waals surface area (Å²) in [5.74, 6) is 0.483. The van der Waals surface area contributed by atoms with E-state index in [1.807, 2.05) is 12.1 Å². The molecule has 2 aromatic carbocycles. The smallest absolute Gasteiger partial charge is 0.335 e. The molecule has 7 rings (SSSR count). The molecule has 4 aliphatic rings. The Kier molecular flexibility index (Phi) is 7.50. The molecule has 2 atom stereocenters. The van der Waals surface area contributed by atoms with Crippen molar-refractivity contribution in [1.82, 2.24) is 14.4 Å². The molecule has 41 heavy (non-hydrogen) atoms. The van der Waals surface area contributed by atoms with Crippen LogP contribution in [-0.2, 0) is 13.1 Å². The minimum absolute atomic E-state index is 0.178. The molecule has 0 spiro atoms. The maximum Gasteiger partial charge on any atom is 0.335 e. The molecule has 6 nitrogen and oxygen atoms in total. The number of carboxylic acid groups (broad SMARTS) is 1. The van der Waals surface area contributed by atoms with Gasteiger partial charge in [0.15, 0.2) is 0 Å². The molecule has 0 unspecified atom stereocenters. The summed E-state index contributed by atoms with van der Waals surface area (Å²) in [5.41, 5.74) is 5.70. The number of fused-ring (bicyclic) bond motifs is 5. The number of alkyl halides is 1. The summed E-state index contributed by atoms with van der Waals surface area (Å²) < 4.78 is 24.2. The maximum absolute atomic E-state index is 15.7. The Morgan fingerprint density at radius 2 is 1.71 bits per heavy atom. The number of hydrogen-bond donors (Lipinski definition) is 1. The van der Waals surface area contributed by atoms with E-state index in [4.69, 9.17) is 4.74 Å². The van der Waals surface area contributed by atoms with E-state index in [0.717, 1.165) is 92.1 Å². The number of likely N-dealkylation sites (tertiary alicyclic amines) is 1. The fraction of sp³-hybridized carbons (Fsp3) is 0.559. The summed E-state index contributed by atoms with van der Waals surface area (Å²) in [6, 6.07) is 11.9. The summed E-state index contributed by atoms with van der Waals surface area (Å²) in [5, 5.41) is 10.9. The lowest BCUT2D eigenvalue weighted by molar-refractivity contribution is 0.0697. The highest BCUT2D eigenvalue weighted by Gasteiger charge is 2.34. The number of rotatable bonds is 8. The van der Waals surface area contributed by atoms with Gasteiger partial charge in [0.05, 0.1) is 17.9 Å². The topological polar surface area (TPSA) is 57.9 Å². The van der Waals surface area contributed by atoms with E-state index in [1.54, 1.807) is 6.07 Å². The number of carboxylic acids is 1. The van der Waals surface area contributed by atoms with Crippen molar-refractivity contribution in [3.8, 4) is 17.0 Å². The van der Waals surface area contributed by atoms with Crippen LogP contribution in [0, 0.1) is 5.92 Å². The van der Waals surface area contributed by atoms with E-state index in [9.17, 15) is 9.90 Å². The molecule has 2 aliphatic carbocycles. The third-order valence-electron chi connectivity index (χ3n) is 9.88. The Labute approximate surface area is 242 Å². The van der Waals surface area contributed by atoms with Crippen molar-refractivity contribution in [2.75, 3.05) is 39.3 Å². The number of ether oxygens (including phenoxy) is 1. The zero-order valence-corrected chi connectivity index (χ0v) is 24.0. The van der Waals surface area contributed by atoms with Crippen LogP contribution in [0.3, 0.4) is 0 Å². The first-order chi connectivity index (χ1) is 20.0. The lowest BCUT2D eigenvalue weighted by Gasteiger charge is -2.31. The van der Waals surface area contributed by atoms with Gasteiger partial charge in [-0.25, -0.2) is 9.18 Å². The third-order valence-corrected chi connectivity index (χ3v) is 9.88. The number of halogens is 1. The van der Waals surface area contributed by atoms with Crippen LogP contribution in [-0.4, -0.2) is 70.9 Å². The molecule has 1 N–H and O–H groups in total. The predicted octanol–water partition coefficient (Wildman–Crippen LogP) is 6.70. The van der Waals surface area contributed by atoms with Gasteiger partial charge in [0.2, 0.25) is 0 Å². The molecule has 3 fully saturated rings. The molecule has 0 radical (unpaired) electrons. The third kappa shape index (κ3) is 5.51. The van der Waals surface area contributed by atoms with E-state index in [2.05, 4.69) is 32.6 Å². The number of hydrogen-bond acceptors (Lipinski definition) is 4. The first kappa shape index (κ1) is 27.0. The van der Waals surface area contributed by atoms with Gasteiger partial charge in [-0.15, -0.1) is 0 Å². The largest absolute Gasteiger partial charge is 0.493 e. The van der Waals surface area contributed by atoms with Crippen molar-refractivity contribution in [3.05, 3.63) is 53.1 Å². The van der Waals surface area contributed by atoms with Crippen LogP contribution >= 0.6 is 0 Å². The van der Waals surface area contributed by atoms with Gasteiger partial charge in [-0.3, -0.25) is 4.90 Å². The number of aromatic nitrogens is 1. The van der Waals surface area contributed by atoms with E-state index < -0.39 is 12.1 Å². The van der Waals surface area contributed by atoms with E-state index >= 15 is 4.39 Å². The van der Waals surface area contributed by atoms with Gasteiger partial charge in [0.1, 0.15) is 11.9 Å². The van der Waals surface area contributed by atoms with E-state index in [1.165, 1.54) is 44.3 Å². The molecule has 0 bridgehead atoms. The van der Waals surface area contributed by atoms with Crippen LogP contribution in [0.15, 0.2) is 36.4 Å². The van der Waals surface area contributed by atoms with Crippen LogP contribution in [0.1, 0.15) is 78.8 Å². The van der Waals surface area contributed by atoms with Crippen molar-refractivity contribution in [2.45, 2.75) is 76.5 Å². The van der Waals surface area contributed by atoms with Crippen molar-refractivity contribution < 1.29 is 19.0 Å². The molecule has 1 aromatic heterocycles. The summed E-state index contributed by atoms with van der Waals surface area (Å²) in [6.07, 6.45) is 7.57. The summed E-state index contributed by atoms with van der Waals surface area (Å²) in [4.78, 5) is 17.1. The van der Waals surface area contributed by atoms with Crippen LogP contribution in [0.4, 0.5) is 4.39 Å². The van der Waals surface area contributed by atoms with Crippen molar-refractivity contribution in [3.63, 3.8) is 0 Å². The molecule has 0 amide bonds. The van der Waals surface area contributed by atoms with Crippen LogP contribution in [0.2, 0.25) is 0 Å². The Morgan fingerprint density at radius 3 is 2.49 bits per heavy atom. The molecule has 3 heterocycles. The highest BCUT2D eigenvalue weighted by Crippen LogP contribution is 2.47. The quantitative estimate of drug-likeness (QED) is 0.333. The molecular weight excluding hydrogens is 517 g/mol.